The minimum absolute atomic E-state index is 0.0357. The van der Waals surface area contributed by atoms with Crippen LogP contribution in [0.15, 0.2) is 83.8 Å². The Hall–Kier alpha value is -3.69. The Morgan fingerprint density at radius 1 is 0.938 bits per heavy atom. The number of sulfonamides is 1. The third kappa shape index (κ3) is 4.96. The number of ether oxygens (including phenoxy) is 1. The second-order valence-corrected chi connectivity index (χ2v) is 9.05. The summed E-state index contributed by atoms with van der Waals surface area (Å²) in [6, 6.07) is 21.9. The summed E-state index contributed by atoms with van der Waals surface area (Å²) in [5.41, 5.74) is 0.730. The van der Waals surface area contributed by atoms with Gasteiger partial charge < -0.3 is 15.4 Å². The van der Waals surface area contributed by atoms with E-state index >= 15 is 0 Å². The zero-order valence-corrected chi connectivity index (χ0v) is 17.8. The highest BCUT2D eigenvalue weighted by Crippen LogP contribution is 2.23. The zero-order valence-electron chi connectivity index (χ0n) is 17.0. The minimum atomic E-state index is -3.88. The van der Waals surface area contributed by atoms with Gasteiger partial charge in [0.05, 0.1) is 11.4 Å². The first-order valence-electron chi connectivity index (χ1n) is 9.93. The van der Waals surface area contributed by atoms with Gasteiger partial charge in [-0.25, -0.2) is 8.42 Å². The average Bonchev–Trinajstić information content (AvgIpc) is 2.81. The summed E-state index contributed by atoms with van der Waals surface area (Å²) in [6.45, 7) is 0.195. The Labute approximate surface area is 185 Å². The molecule has 1 fully saturated rings. The lowest BCUT2D eigenvalue weighted by molar-refractivity contribution is -0.122. The molecule has 0 radical (unpaired) electrons. The standard InChI is InChI=1S/C23H21N3O5S/c27-22-16-26(14-13-24-22)32(29,30)21-8-4-5-17(15-21)23(28)25-18-9-11-20(12-10-18)31-19-6-2-1-3-7-19/h1-12,15H,13-14,16H2,(H,24,27)(H,25,28). The van der Waals surface area contributed by atoms with Crippen LogP contribution in [-0.4, -0.2) is 44.2 Å². The number of para-hydroxylation sites is 1. The molecule has 2 N–H and O–H groups in total. The molecule has 1 aliphatic heterocycles. The van der Waals surface area contributed by atoms with Gasteiger partial charge in [-0.3, -0.25) is 9.59 Å². The van der Waals surface area contributed by atoms with Gasteiger partial charge in [0, 0.05) is 24.3 Å². The maximum absolute atomic E-state index is 12.9. The number of rotatable bonds is 6. The molecule has 32 heavy (non-hydrogen) atoms. The van der Waals surface area contributed by atoms with E-state index in [2.05, 4.69) is 10.6 Å². The zero-order chi connectivity index (χ0) is 22.6. The normalized spacial score (nSPS) is 14.4. The van der Waals surface area contributed by atoms with E-state index in [1.165, 1.54) is 24.3 Å². The van der Waals surface area contributed by atoms with Crippen LogP contribution in [0, 0.1) is 0 Å². The van der Waals surface area contributed by atoms with Crippen molar-refractivity contribution < 1.29 is 22.7 Å². The molecular weight excluding hydrogens is 430 g/mol. The monoisotopic (exact) mass is 451 g/mol. The molecule has 3 aromatic carbocycles. The number of carbonyl (C=O) groups is 2. The van der Waals surface area contributed by atoms with E-state index in [1.54, 1.807) is 24.3 Å². The van der Waals surface area contributed by atoms with Crippen molar-refractivity contribution in [1.29, 1.82) is 0 Å². The number of hydrogen-bond donors (Lipinski definition) is 2. The molecule has 1 saturated heterocycles. The van der Waals surface area contributed by atoms with Gasteiger partial charge in [-0.1, -0.05) is 24.3 Å². The third-order valence-electron chi connectivity index (χ3n) is 4.83. The highest BCUT2D eigenvalue weighted by atomic mass is 32.2. The largest absolute Gasteiger partial charge is 0.457 e. The van der Waals surface area contributed by atoms with Crippen molar-refractivity contribution in [2.24, 2.45) is 0 Å². The fourth-order valence-corrected chi connectivity index (χ4v) is 4.64. The number of carbonyl (C=O) groups excluding carboxylic acids is 2. The molecule has 1 aliphatic rings. The van der Waals surface area contributed by atoms with Crippen molar-refractivity contribution in [1.82, 2.24) is 9.62 Å². The molecule has 0 atom stereocenters. The van der Waals surface area contributed by atoms with Gasteiger partial charge in [0.15, 0.2) is 0 Å². The van der Waals surface area contributed by atoms with E-state index in [1.807, 2.05) is 30.3 Å². The number of amides is 2. The fraction of sp³-hybridized carbons (Fsp3) is 0.130. The van der Waals surface area contributed by atoms with Gasteiger partial charge in [-0.15, -0.1) is 0 Å². The summed E-state index contributed by atoms with van der Waals surface area (Å²) < 4.78 is 32.5. The molecule has 0 aromatic heterocycles. The number of anilines is 1. The molecule has 0 unspecified atom stereocenters. The van der Waals surface area contributed by atoms with Crippen LogP contribution in [0.1, 0.15) is 10.4 Å². The van der Waals surface area contributed by atoms with Gasteiger partial charge in [-0.2, -0.15) is 4.31 Å². The summed E-state index contributed by atoms with van der Waals surface area (Å²) in [4.78, 5) is 24.2. The van der Waals surface area contributed by atoms with Crippen molar-refractivity contribution in [3.8, 4) is 11.5 Å². The van der Waals surface area contributed by atoms with Crippen LogP contribution in [0.2, 0.25) is 0 Å². The second kappa shape index (κ2) is 9.21. The Kier molecular flexibility index (Phi) is 6.20. The summed E-state index contributed by atoms with van der Waals surface area (Å²) in [5.74, 6) is 0.518. The Morgan fingerprint density at radius 2 is 1.66 bits per heavy atom. The number of benzene rings is 3. The van der Waals surface area contributed by atoms with Crippen molar-refractivity contribution in [3.05, 3.63) is 84.4 Å². The molecule has 1 heterocycles. The number of hydrogen-bond acceptors (Lipinski definition) is 5. The molecule has 0 spiro atoms. The maximum atomic E-state index is 12.9. The summed E-state index contributed by atoms with van der Waals surface area (Å²) in [5, 5.41) is 5.34. The molecule has 0 saturated carbocycles. The van der Waals surface area contributed by atoms with Gasteiger partial charge in [0.2, 0.25) is 15.9 Å². The van der Waals surface area contributed by atoms with Crippen LogP contribution < -0.4 is 15.4 Å². The fourth-order valence-electron chi connectivity index (χ4n) is 3.20. The van der Waals surface area contributed by atoms with Crippen LogP contribution >= 0.6 is 0 Å². The van der Waals surface area contributed by atoms with Crippen LogP contribution in [0.4, 0.5) is 5.69 Å². The van der Waals surface area contributed by atoms with Crippen molar-refractivity contribution in [3.63, 3.8) is 0 Å². The van der Waals surface area contributed by atoms with E-state index in [0.29, 0.717) is 17.2 Å². The van der Waals surface area contributed by atoms with E-state index in [9.17, 15) is 18.0 Å². The first-order chi connectivity index (χ1) is 15.4. The Balaban J connectivity index is 1.45. The van der Waals surface area contributed by atoms with Crippen molar-refractivity contribution >= 4 is 27.5 Å². The first-order valence-corrected chi connectivity index (χ1v) is 11.4. The van der Waals surface area contributed by atoms with Gasteiger partial charge >= 0.3 is 0 Å². The maximum Gasteiger partial charge on any atom is 0.255 e. The topological polar surface area (TPSA) is 105 Å². The SMILES string of the molecule is O=C1CN(S(=O)(=O)c2cccc(C(=O)Nc3ccc(Oc4ccccc4)cc3)c2)CCN1. The molecule has 0 bridgehead atoms. The molecule has 9 heteroatoms. The predicted octanol–water partition coefficient (Wildman–Crippen LogP) is 2.85. The van der Waals surface area contributed by atoms with Crippen LogP contribution in [0.5, 0.6) is 11.5 Å². The Bertz CT molecular complexity index is 1230. The average molecular weight is 452 g/mol. The minimum Gasteiger partial charge on any atom is -0.457 e. The van der Waals surface area contributed by atoms with Gasteiger partial charge in [0.25, 0.3) is 5.91 Å². The highest BCUT2D eigenvalue weighted by Gasteiger charge is 2.29. The number of nitrogens with one attached hydrogen (secondary N) is 2. The van der Waals surface area contributed by atoms with E-state index in [4.69, 9.17) is 4.74 Å². The van der Waals surface area contributed by atoms with E-state index < -0.39 is 15.9 Å². The molecule has 164 valence electrons. The number of nitrogens with zero attached hydrogens (tertiary/aromatic N) is 1. The van der Waals surface area contributed by atoms with Crippen LogP contribution in [-0.2, 0) is 14.8 Å². The quantitative estimate of drug-likeness (QED) is 0.600. The molecule has 2 amide bonds. The lowest BCUT2D eigenvalue weighted by atomic mass is 10.2. The van der Waals surface area contributed by atoms with Crippen molar-refractivity contribution in [2.45, 2.75) is 4.90 Å². The Morgan fingerprint density at radius 3 is 2.38 bits per heavy atom. The molecule has 8 nitrogen and oxygen atoms in total. The summed E-state index contributed by atoms with van der Waals surface area (Å²) >= 11 is 0. The second-order valence-electron chi connectivity index (χ2n) is 7.11. The molecular formula is C23H21N3O5S. The molecule has 4 rings (SSSR count). The molecule has 0 aliphatic carbocycles. The summed E-state index contributed by atoms with van der Waals surface area (Å²) in [6.07, 6.45) is 0. The van der Waals surface area contributed by atoms with Gasteiger partial charge in [0.1, 0.15) is 11.5 Å². The van der Waals surface area contributed by atoms with E-state index in [0.717, 1.165) is 4.31 Å². The predicted molar refractivity (Wildman–Crippen MR) is 119 cm³/mol. The first kappa shape index (κ1) is 21.5. The lowest BCUT2D eigenvalue weighted by Gasteiger charge is -2.26. The smallest absolute Gasteiger partial charge is 0.255 e. The van der Waals surface area contributed by atoms with Crippen LogP contribution in [0.25, 0.3) is 0 Å². The van der Waals surface area contributed by atoms with Crippen molar-refractivity contribution in [2.75, 3.05) is 25.0 Å². The summed E-state index contributed by atoms with van der Waals surface area (Å²) in [7, 11) is -3.88. The molecule has 3 aromatic rings. The van der Waals surface area contributed by atoms with Gasteiger partial charge in [-0.05, 0) is 54.6 Å². The third-order valence-corrected chi connectivity index (χ3v) is 6.67. The lowest BCUT2D eigenvalue weighted by Crippen LogP contribution is -2.49. The number of piperazine rings is 1. The highest BCUT2D eigenvalue weighted by molar-refractivity contribution is 7.89. The van der Waals surface area contributed by atoms with E-state index in [-0.39, 0.29) is 36.0 Å². The van der Waals surface area contributed by atoms with Crippen LogP contribution in [0.3, 0.4) is 0 Å².